The van der Waals surface area contributed by atoms with Crippen LogP contribution in [0.3, 0.4) is 0 Å². The zero-order valence-electron chi connectivity index (χ0n) is 17.7. The average Bonchev–Trinajstić information content (AvgIpc) is 3.08. The number of halogens is 1. The molecule has 0 spiro atoms. The van der Waals surface area contributed by atoms with E-state index in [2.05, 4.69) is 10.4 Å². The first-order chi connectivity index (χ1) is 15.5. The summed E-state index contributed by atoms with van der Waals surface area (Å²) in [6.45, 7) is 3.89. The van der Waals surface area contributed by atoms with E-state index in [-0.39, 0.29) is 5.91 Å². The summed E-state index contributed by atoms with van der Waals surface area (Å²) >= 11 is 6.14. The molecule has 0 aliphatic carbocycles. The van der Waals surface area contributed by atoms with E-state index in [1.165, 1.54) is 0 Å². The highest BCUT2D eigenvalue weighted by molar-refractivity contribution is 6.32. The Balaban J connectivity index is 1.46. The van der Waals surface area contributed by atoms with Crippen molar-refractivity contribution in [2.45, 2.75) is 13.8 Å². The van der Waals surface area contributed by atoms with Crippen molar-refractivity contribution in [2.75, 3.05) is 5.43 Å². The Hall–Kier alpha value is -3.83. The number of ether oxygens (including phenoxy) is 1. The van der Waals surface area contributed by atoms with Gasteiger partial charge in [-0.2, -0.15) is 0 Å². The van der Waals surface area contributed by atoms with E-state index in [0.29, 0.717) is 22.1 Å². The van der Waals surface area contributed by atoms with E-state index in [0.717, 1.165) is 22.6 Å². The largest absolute Gasteiger partial charge is 0.456 e. The molecule has 0 unspecified atom stereocenters. The summed E-state index contributed by atoms with van der Waals surface area (Å²) < 4.78 is 7.59. The van der Waals surface area contributed by atoms with Gasteiger partial charge in [0.05, 0.1) is 10.7 Å². The molecule has 1 N–H and O–H groups in total. The summed E-state index contributed by atoms with van der Waals surface area (Å²) in [5.41, 5.74) is 7.06. The number of benzene rings is 3. The number of aryl methyl sites for hydroxylation is 1. The number of carbonyl (C=O) groups excluding carboxylic acids is 1. The van der Waals surface area contributed by atoms with Gasteiger partial charge in [0.15, 0.2) is 0 Å². The van der Waals surface area contributed by atoms with Crippen LogP contribution in [0, 0.1) is 13.8 Å². The Kier molecular flexibility index (Phi) is 6.38. The van der Waals surface area contributed by atoms with Gasteiger partial charge in [-0.1, -0.05) is 41.9 Å². The van der Waals surface area contributed by atoms with Crippen LogP contribution in [-0.4, -0.2) is 16.8 Å². The molecule has 5 nitrogen and oxygen atoms in total. The maximum absolute atomic E-state index is 12.5. The average molecular weight is 444 g/mol. The summed E-state index contributed by atoms with van der Waals surface area (Å²) in [6, 6.07) is 25.9. The molecule has 0 saturated heterocycles. The van der Waals surface area contributed by atoms with Gasteiger partial charge in [-0.15, -0.1) is 0 Å². The third kappa shape index (κ3) is 4.90. The number of aliphatic imine (C=N–C) groups is 1. The fourth-order valence-corrected chi connectivity index (χ4v) is 3.42. The Labute approximate surface area is 191 Å². The Bertz CT molecular complexity index is 1260. The van der Waals surface area contributed by atoms with E-state index in [1.54, 1.807) is 29.1 Å². The predicted octanol–water partition coefficient (Wildman–Crippen LogP) is 6.69. The Morgan fingerprint density at radius 3 is 2.38 bits per heavy atom. The van der Waals surface area contributed by atoms with Gasteiger partial charge in [-0.25, -0.2) is 0 Å². The smallest absolute Gasteiger partial charge is 0.270 e. The molecule has 3 aromatic carbocycles. The van der Waals surface area contributed by atoms with Crippen LogP contribution in [0.5, 0.6) is 11.5 Å². The standard InChI is InChI=1S/C26H22ClN3O2/c1-18-16-21(19(2)30(18)29-26(31)20-8-4-3-5-9-20)17-28-22-12-14-23(15-13-22)32-25-11-7-6-10-24(25)27/h3-17H,1-2H3,(H,29,31). The van der Waals surface area contributed by atoms with Crippen molar-refractivity contribution in [2.24, 2.45) is 4.99 Å². The van der Waals surface area contributed by atoms with E-state index >= 15 is 0 Å². The van der Waals surface area contributed by atoms with E-state index < -0.39 is 0 Å². The first-order valence-corrected chi connectivity index (χ1v) is 10.5. The fraction of sp³-hybridized carbons (Fsp3) is 0.0769. The number of nitrogens with one attached hydrogen (secondary N) is 1. The van der Waals surface area contributed by atoms with Crippen molar-refractivity contribution in [3.63, 3.8) is 0 Å². The molecule has 0 atom stereocenters. The zero-order valence-corrected chi connectivity index (χ0v) is 18.5. The molecule has 1 aromatic heterocycles. The molecule has 0 aliphatic heterocycles. The number of hydrogen-bond acceptors (Lipinski definition) is 3. The molecule has 0 aliphatic rings. The topological polar surface area (TPSA) is 55.6 Å². The number of para-hydroxylation sites is 1. The number of amides is 1. The number of rotatable bonds is 6. The maximum atomic E-state index is 12.5. The minimum atomic E-state index is -0.162. The monoisotopic (exact) mass is 443 g/mol. The van der Waals surface area contributed by atoms with Crippen LogP contribution in [0.25, 0.3) is 0 Å². The highest BCUT2D eigenvalue weighted by atomic mass is 35.5. The Morgan fingerprint density at radius 2 is 1.66 bits per heavy atom. The lowest BCUT2D eigenvalue weighted by molar-refractivity contribution is 0.101. The minimum absolute atomic E-state index is 0.162. The van der Waals surface area contributed by atoms with E-state index in [4.69, 9.17) is 16.3 Å². The molecule has 6 heteroatoms. The van der Waals surface area contributed by atoms with Crippen LogP contribution in [0.4, 0.5) is 5.69 Å². The molecule has 0 radical (unpaired) electrons. The molecule has 1 amide bonds. The summed E-state index contributed by atoms with van der Waals surface area (Å²) in [7, 11) is 0. The van der Waals surface area contributed by atoms with Crippen molar-refractivity contribution in [1.82, 2.24) is 4.68 Å². The molecule has 4 aromatic rings. The summed E-state index contributed by atoms with van der Waals surface area (Å²) in [4.78, 5) is 17.1. The molecule has 4 rings (SSSR count). The van der Waals surface area contributed by atoms with Gasteiger partial charge in [0.2, 0.25) is 0 Å². The molecule has 0 bridgehead atoms. The number of hydrogen-bond donors (Lipinski definition) is 1. The molecule has 0 saturated carbocycles. The van der Waals surface area contributed by atoms with Crippen LogP contribution in [0.2, 0.25) is 5.02 Å². The highest BCUT2D eigenvalue weighted by Crippen LogP contribution is 2.29. The van der Waals surface area contributed by atoms with Crippen LogP contribution in [0.15, 0.2) is 89.9 Å². The lowest BCUT2D eigenvalue weighted by Gasteiger charge is -2.11. The van der Waals surface area contributed by atoms with Gasteiger partial charge < -0.3 is 4.74 Å². The highest BCUT2D eigenvalue weighted by Gasteiger charge is 2.11. The first-order valence-electron chi connectivity index (χ1n) is 10.1. The maximum Gasteiger partial charge on any atom is 0.270 e. The summed E-state index contributed by atoms with van der Waals surface area (Å²) in [6.07, 6.45) is 1.79. The molecule has 160 valence electrons. The van der Waals surface area contributed by atoms with Gasteiger partial charge in [-0.05, 0) is 68.4 Å². The lowest BCUT2D eigenvalue weighted by Crippen LogP contribution is -2.24. The minimum Gasteiger partial charge on any atom is -0.456 e. The van der Waals surface area contributed by atoms with Gasteiger partial charge in [0, 0.05) is 28.7 Å². The zero-order chi connectivity index (χ0) is 22.5. The van der Waals surface area contributed by atoms with Gasteiger partial charge >= 0.3 is 0 Å². The summed E-state index contributed by atoms with van der Waals surface area (Å²) in [5.74, 6) is 1.12. The second-order valence-corrected chi connectivity index (χ2v) is 7.66. The third-order valence-electron chi connectivity index (χ3n) is 4.97. The molecule has 1 heterocycles. The lowest BCUT2D eigenvalue weighted by atomic mass is 10.2. The quantitative estimate of drug-likeness (QED) is 0.338. The second kappa shape index (κ2) is 9.54. The molecule has 32 heavy (non-hydrogen) atoms. The first kappa shape index (κ1) is 21.4. The second-order valence-electron chi connectivity index (χ2n) is 7.25. The van der Waals surface area contributed by atoms with Crippen molar-refractivity contribution in [3.8, 4) is 11.5 Å². The van der Waals surface area contributed by atoms with Crippen molar-refractivity contribution >= 4 is 29.4 Å². The Morgan fingerprint density at radius 1 is 0.969 bits per heavy atom. The van der Waals surface area contributed by atoms with Crippen molar-refractivity contribution in [3.05, 3.63) is 112 Å². The van der Waals surface area contributed by atoms with Crippen molar-refractivity contribution in [1.29, 1.82) is 0 Å². The predicted molar refractivity (Wildman–Crippen MR) is 129 cm³/mol. The number of aromatic nitrogens is 1. The molecular weight excluding hydrogens is 422 g/mol. The molecular formula is C26H22ClN3O2. The normalized spacial score (nSPS) is 11.0. The fourth-order valence-electron chi connectivity index (χ4n) is 3.24. The van der Waals surface area contributed by atoms with Crippen molar-refractivity contribution < 1.29 is 9.53 Å². The van der Waals surface area contributed by atoms with Gasteiger partial charge in [0.25, 0.3) is 5.91 Å². The van der Waals surface area contributed by atoms with Crippen LogP contribution in [-0.2, 0) is 0 Å². The molecule has 0 fully saturated rings. The van der Waals surface area contributed by atoms with Gasteiger partial charge in [0.1, 0.15) is 11.5 Å². The van der Waals surface area contributed by atoms with Crippen LogP contribution >= 0.6 is 11.6 Å². The van der Waals surface area contributed by atoms with Crippen LogP contribution in [0.1, 0.15) is 27.3 Å². The SMILES string of the molecule is Cc1cc(C=Nc2ccc(Oc3ccccc3Cl)cc2)c(C)n1NC(=O)c1ccccc1. The van der Waals surface area contributed by atoms with E-state index in [9.17, 15) is 4.79 Å². The van der Waals surface area contributed by atoms with Gasteiger partial charge in [-0.3, -0.25) is 19.9 Å². The van der Waals surface area contributed by atoms with Crippen LogP contribution < -0.4 is 10.2 Å². The summed E-state index contributed by atoms with van der Waals surface area (Å²) in [5, 5.41) is 0.560. The third-order valence-corrected chi connectivity index (χ3v) is 5.29. The van der Waals surface area contributed by atoms with E-state index in [1.807, 2.05) is 80.6 Å². The number of nitrogens with zero attached hydrogens (tertiary/aromatic N) is 2. The number of carbonyl (C=O) groups is 1.